The van der Waals surface area contributed by atoms with Crippen molar-refractivity contribution in [1.82, 2.24) is 9.80 Å². The number of morpholine rings is 1. The van der Waals surface area contributed by atoms with E-state index in [0.717, 1.165) is 0 Å². The normalized spacial score (nSPS) is 23.0. The van der Waals surface area contributed by atoms with E-state index in [-0.39, 0.29) is 36.0 Å². The Morgan fingerprint density at radius 3 is 2.30 bits per heavy atom. The molecule has 3 aliphatic rings. The van der Waals surface area contributed by atoms with Crippen molar-refractivity contribution in [2.75, 3.05) is 57.9 Å². The van der Waals surface area contributed by atoms with E-state index in [1.165, 1.54) is 0 Å². The van der Waals surface area contributed by atoms with Crippen LogP contribution in [0.4, 0.5) is 5.69 Å². The fourth-order valence-electron chi connectivity index (χ4n) is 4.61. The van der Waals surface area contributed by atoms with Gasteiger partial charge in [-0.15, -0.1) is 0 Å². The predicted molar refractivity (Wildman–Crippen MR) is 110 cm³/mol. The number of hydrogen-bond donors (Lipinski definition) is 0. The second kappa shape index (κ2) is 9.04. The quantitative estimate of drug-likeness (QED) is 0.737. The van der Waals surface area contributed by atoms with Gasteiger partial charge in [0, 0.05) is 45.1 Å². The zero-order valence-electron chi connectivity index (χ0n) is 17.4. The maximum absolute atomic E-state index is 13.1. The van der Waals surface area contributed by atoms with E-state index in [1.54, 1.807) is 12.0 Å². The zero-order chi connectivity index (χ0) is 21.1. The lowest BCUT2D eigenvalue weighted by molar-refractivity contribution is -0.144. The first-order chi connectivity index (χ1) is 14.6. The molecule has 3 amide bonds. The number of likely N-dealkylation sites (tertiary alicyclic amines) is 1. The molecule has 0 radical (unpaired) electrons. The van der Waals surface area contributed by atoms with Crippen molar-refractivity contribution >= 4 is 23.4 Å². The number of hydrogen-bond acceptors (Lipinski definition) is 5. The molecule has 0 saturated carbocycles. The van der Waals surface area contributed by atoms with Crippen molar-refractivity contribution in [3.63, 3.8) is 0 Å². The van der Waals surface area contributed by atoms with Crippen molar-refractivity contribution in [1.29, 1.82) is 0 Å². The number of rotatable bonds is 4. The molecule has 1 atom stereocenters. The number of nitrogens with zero attached hydrogens (tertiary/aromatic N) is 3. The molecule has 0 spiro atoms. The SMILES string of the molecule is COc1ccccc1N1CC(C(=O)N2CCC(C(=O)N3CCOCC3)CC2)CC1=O. The standard InChI is InChI=1S/C22H29N3O5/c1-29-19-5-3-2-4-18(19)25-15-17(14-20(25)26)22(28)23-8-6-16(7-9-23)21(27)24-10-12-30-13-11-24/h2-5,16-17H,6-15H2,1H3. The van der Waals surface area contributed by atoms with Gasteiger partial charge in [-0.3, -0.25) is 14.4 Å². The van der Waals surface area contributed by atoms with Gasteiger partial charge in [0.2, 0.25) is 17.7 Å². The second-order valence-electron chi connectivity index (χ2n) is 8.11. The Balaban J connectivity index is 1.33. The minimum atomic E-state index is -0.353. The van der Waals surface area contributed by atoms with Crippen molar-refractivity contribution in [2.45, 2.75) is 19.3 Å². The van der Waals surface area contributed by atoms with Crippen molar-refractivity contribution in [2.24, 2.45) is 11.8 Å². The number of para-hydroxylation sites is 2. The molecule has 1 aromatic carbocycles. The summed E-state index contributed by atoms with van der Waals surface area (Å²) in [6.07, 6.45) is 1.57. The molecule has 1 aromatic rings. The predicted octanol–water partition coefficient (Wildman–Crippen LogP) is 1.15. The van der Waals surface area contributed by atoms with E-state index in [4.69, 9.17) is 9.47 Å². The highest BCUT2D eigenvalue weighted by atomic mass is 16.5. The average Bonchev–Trinajstić information content (AvgIpc) is 3.20. The number of benzene rings is 1. The van der Waals surface area contributed by atoms with Crippen molar-refractivity contribution < 1.29 is 23.9 Å². The van der Waals surface area contributed by atoms with Crippen LogP contribution in [0.2, 0.25) is 0 Å². The highest BCUT2D eigenvalue weighted by molar-refractivity contribution is 6.01. The summed E-state index contributed by atoms with van der Waals surface area (Å²) < 4.78 is 10.7. The van der Waals surface area contributed by atoms with E-state index in [2.05, 4.69) is 0 Å². The van der Waals surface area contributed by atoms with Gasteiger partial charge in [-0.05, 0) is 25.0 Å². The summed E-state index contributed by atoms with van der Waals surface area (Å²) in [4.78, 5) is 43.7. The molecule has 0 N–H and O–H groups in total. The van der Waals surface area contributed by atoms with Gasteiger partial charge < -0.3 is 24.2 Å². The van der Waals surface area contributed by atoms with Crippen LogP contribution in [0, 0.1) is 11.8 Å². The monoisotopic (exact) mass is 415 g/mol. The van der Waals surface area contributed by atoms with E-state index in [0.29, 0.717) is 70.2 Å². The van der Waals surface area contributed by atoms with Gasteiger partial charge in [0.25, 0.3) is 0 Å². The molecule has 8 heteroatoms. The molecule has 162 valence electrons. The van der Waals surface area contributed by atoms with E-state index >= 15 is 0 Å². The Labute approximate surface area is 176 Å². The second-order valence-corrected chi connectivity index (χ2v) is 8.11. The third-order valence-corrected chi connectivity index (χ3v) is 6.33. The van der Waals surface area contributed by atoms with Gasteiger partial charge in [0.05, 0.1) is 31.9 Å². The number of carbonyl (C=O) groups excluding carboxylic acids is 3. The summed E-state index contributed by atoms with van der Waals surface area (Å²) in [5.41, 5.74) is 0.704. The van der Waals surface area contributed by atoms with Crippen molar-refractivity contribution in [3.8, 4) is 5.75 Å². The van der Waals surface area contributed by atoms with Crippen LogP contribution in [-0.4, -0.2) is 80.6 Å². The topological polar surface area (TPSA) is 79.4 Å². The molecular weight excluding hydrogens is 386 g/mol. The highest BCUT2D eigenvalue weighted by Crippen LogP contribution is 2.33. The van der Waals surface area contributed by atoms with Gasteiger partial charge in [-0.2, -0.15) is 0 Å². The molecule has 3 heterocycles. The van der Waals surface area contributed by atoms with E-state index in [1.807, 2.05) is 34.1 Å². The van der Waals surface area contributed by atoms with Gasteiger partial charge in [-0.1, -0.05) is 12.1 Å². The summed E-state index contributed by atoms with van der Waals surface area (Å²) in [6, 6.07) is 7.37. The molecule has 1 unspecified atom stereocenters. The van der Waals surface area contributed by atoms with Crippen LogP contribution in [-0.2, 0) is 19.1 Å². The Bertz CT molecular complexity index is 800. The molecular formula is C22H29N3O5. The summed E-state index contributed by atoms with van der Waals surface area (Å²) in [5, 5.41) is 0. The zero-order valence-corrected chi connectivity index (χ0v) is 17.4. The highest BCUT2D eigenvalue weighted by Gasteiger charge is 2.39. The Morgan fingerprint density at radius 1 is 0.967 bits per heavy atom. The smallest absolute Gasteiger partial charge is 0.228 e. The number of anilines is 1. The lowest BCUT2D eigenvalue weighted by Crippen LogP contribution is -2.48. The van der Waals surface area contributed by atoms with E-state index in [9.17, 15) is 14.4 Å². The number of ether oxygens (including phenoxy) is 2. The molecule has 0 aromatic heterocycles. The number of piperidine rings is 1. The Morgan fingerprint density at radius 2 is 1.60 bits per heavy atom. The minimum Gasteiger partial charge on any atom is -0.495 e. The number of amides is 3. The molecule has 0 aliphatic carbocycles. The van der Waals surface area contributed by atoms with E-state index < -0.39 is 0 Å². The average molecular weight is 415 g/mol. The third-order valence-electron chi connectivity index (χ3n) is 6.33. The first-order valence-corrected chi connectivity index (χ1v) is 10.7. The summed E-state index contributed by atoms with van der Waals surface area (Å²) in [5.74, 6) is 0.384. The molecule has 4 rings (SSSR count). The van der Waals surface area contributed by atoms with Gasteiger partial charge >= 0.3 is 0 Å². The molecule has 3 aliphatic heterocycles. The molecule has 3 fully saturated rings. The third kappa shape index (κ3) is 4.14. The Kier molecular flexibility index (Phi) is 6.22. The first kappa shape index (κ1) is 20.7. The summed E-state index contributed by atoms with van der Waals surface area (Å²) in [7, 11) is 1.57. The lowest BCUT2D eigenvalue weighted by atomic mass is 9.94. The fraction of sp³-hybridized carbons (Fsp3) is 0.591. The fourth-order valence-corrected chi connectivity index (χ4v) is 4.61. The van der Waals surface area contributed by atoms with Crippen LogP contribution in [0.5, 0.6) is 5.75 Å². The van der Waals surface area contributed by atoms with Gasteiger partial charge in [0.1, 0.15) is 5.75 Å². The lowest BCUT2D eigenvalue weighted by Gasteiger charge is -2.36. The van der Waals surface area contributed by atoms with Crippen LogP contribution in [0.3, 0.4) is 0 Å². The number of carbonyl (C=O) groups is 3. The molecule has 8 nitrogen and oxygen atoms in total. The summed E-state index contributed by atoms with van der Waals surface area (Å²) in [6.45, 7) is 4.01. The van der Waals surface area contributed by atoms with Crippen LogP contribution >= 0.6 is 0 Å². The molecule has 0 bridgehead atoms. The number of methoxy groups -OCH3 is 1. The van der Waals surface area contributed by atoms with Crippen LogP contribution in [0.25, 0.3) is 0 Å². The first-order valence-electron chi connectivity index (χ1n) is 10.7. The minimum absolute atomic E-state index is 0.0121. The van der Waals surface area contributed by atoms with Crippen LogP contribution in [0.15, 0.2) is 24.3 Å². The molecule has 30 heavy (non-hydrogen) atoms. The maximum atomic E-state index is 13.1. The van der Waals surface area contributed by atoms with Crippen LogP contribution in [0.1, 0.15) is 19.3 Å². The Hall–Kier alpha value is -2.61. The maximum Gasteiger partial charge on any atom is 0.228 e. The van der Waals surface area contributed by atoms with Gasteiger partial charge in [0.15, 0.2) is 0 Å². The van der Waals surface area contributed by atoms with Crippen LogP contribution < -0.4 is 9.64 Å². The largest absolute Gasteiger partial charge is 0.495 e. The summed E-state index contributed by atoms with van der Waals surface area (Å²) >= 11 is 0. The molecule has 3 saturated heterocycles. The van der Waals surface area contributed by atoms with Crippen molar-refractivity contribution in [3.05, 3.63) is 24.3 Å². The van der Waals surface area contributed by atoms with Gasteiger partial charge in [-0.25, -0.2) is 0 Å².